The third kappa shape index (κ3) is 8.45. The first-order valence-corrected chi connectivity index (χ1v) is 13.9. The van der Waals surface area contributed by atoms with E-state index in [0.717, 1.165) is 28.7 Å². The molecule has 200 valence electrons. The number of carbonyl (C=O) groups excluding carboxylic acids is 2. The van der Waals surface area contributed by atoms with Crippen molar-refractivity contribution in [3.63, 3.8) is 0 Å². The van der Waals surface area contributed by atoms with Crippen molar-refractivity contribution >= 4 is 29.3 Å². The number of hydrogen-bond acceptors (Lipinski definition) is 5. The zero-order chi connectivity index (χ0) is 27.5. The average Bonchev–Trinajstić information content (AvgIpc) is 2.92. The highest BCUT2D eigenvalue weighted by Crippen LogP contribution is 2.21. The van der Waals surface area contributed by atoms with Crippen LogP contribution in [0.2, 0.25) is 0 Å². The van der Waals surface area contributed by atoms with E-state index in [4.69, 9.17) is 0 Å². The maximum absolute atomic E-state index is 13.7. The van der Waals surface area contributed by atoms with Crippen molar-refractivity contribution in [3.05, 3.63) is 111 Å². The summed E-state index contributed by atoms with van der Waals surface area (Å²) in [5, 5.41) is 14.0. The summed E-state index contributed by atoms with van der Waals surface area (Å²) < 4.78 is 0. The molecule has 0 bridgehead atoms. The van der Waals surface area contributed by atoms with Crippen molar-refractivity contribution in [2.24, 2.45) is 0 Å². The molecule has 0 saturated heterocycles. The lowest BCUT2D eigenvalue weighted by atomic mass is 10.0. The van der Waals surface area contributed by atoms with E-state index in [1.165, 1.54) is 23.9 Å². The Morgan fingerprint density at radius 1 is 0.974 bits per heavy atom. The van der Waals surface area contributed by atoms with Crippen LogP contribution >= 0.6 is 11.8 Å². The van der Waals surface area contributed by atoms with Crippen LogP contribution in [0.15, 0.2) is 78.9 Å². The van der Waals surface area contributed by atoms with Gasteiger partial charge in [0.2, 0.25) is 11.8 Å². The van der Waals surface area contributed by atoms with Gasteiger partial charge < -0.3 is 10.2 Å². The molecular formula is C30H35N3O4S. The van der Waals surface area contributed by atoms with Crippen LogP contribution in [0.4, 0.5) is 5.69 Å². The molecule has 0 aliphatic heterocycles. The molecule has 7 nitrogen and oxygen atoms in total. The Bertz CT molecular complexity index is 1220. The number of amides is 2. The number of benzene rings is 3. The van der Waals surface area contributed by atoms with Crippen LogP contribution in [0, 0.1) is 17.0 Å². The van der Waals surface area contributed by atoms with Gasteiger partial charge in [0, 0.05) is 36.9 Å². The summed E-state index contributed by atoms with van der Waals surface area (Å²) in [5.41, 5.74) is 3.97. The van der Waals surface area contributed by atoms with Gasteiger partial charge in [-0.2, -0.15) is 0 Å². The molecular weight excluding hydrogens is 498 g/mol. The summed E-state index contributed by atoms with van der Waals surface area (Å²) in [7, 11) is 0. The van der Waals surface area contributed by atoms with Crippen LogP contribution < -0.4 is 5.32 Å². The van der Waals surface area contributed by atoms with Crippen LogP contribution in [0.25, 0.3) is 0 Å². The number of nitrogens with zero attached hydrogens (tertiary/aromatic N) is 2. The molecule has 0 saturated carbocycles. The Labute approximate surface area is 228 Å². The van der Waals surface area contributed by atoms with Gasteiger partial charge in [0.05, 0.1) is 10.7 Å². The Morgan fingerprint density at radius 3 is 2.26 bits per heavy atom. The smallest absolute Gasteiger partial charge is 0.269 e. The lowest BCUT2D eigenvalue weighted by Crippen LogP contribution is -2.52. The second-order valence-electron chi connectivity index (χ2n) is 9.39. The summed E-state index contributed by atoms with van der Waals surface area (Å²) >= 11 is 1.43. The van der Waals surface area contributed by atoms with Gasteiger partial charge in [0.15, 0.2) is 0 Å². The minimum atomic E-state index is -0.668. The molecule has 2 atom stereocenters. The largest absolute Gasteiger partial charge is 0.352 e. The van der Waals surface area contributed by atoms with Crippen LogP contribution in [0.1, 0.15) is 42.5 Å². The van der Waals surface area contributed by atoms with Crippen LogP contribution in [0.3, 0.4) is 0 Å². The monoisotopic (exact) mass is 533 g/mol. The fourth-order valence-corrected chi connectivity index (χ4v) is 4.89. The summed E-state index contributed by atoms with van der Waals surface area (Å²) in [4.78, 5) is 39.5. The van der Waals surface area contributed by atoms with Gasteiger partial charge in [-0.05, 0) is 42.5 Å². The van der Waals surface area contributed by atoms with Gasteiger partial charge in [0.25, 0.3) is 5.69 Å². The SMILES string of the molecule is CC[C@@H](C)NC(=O)[C@H](Cc1ccccc1)N(Cc1ccccc1C)C(=O)CSCc1ccc([N+](=O)[O-])cc1. The van der Waals surface area contributed by atoms with Gasteiger partial charge in [-0.25, -0.2) is 0 Å². The van der Waals surface area contributed by atoms with Crippen molar-refractivity contribution in [2.75, 3.05) is 5.75 Å². The number of nitro groups is 1. The topological polar surface area (TPSA) is 92.6 Å². The first kappa shape index (κ1) is 28.9. The highest BCUT2D eigenvalue weighted by molar-refractivity contribution is 7.99. The van der Waals surface area contributed by atoms with E-state index >= 15 is 0 Å². The van der Waals surface area contributed by atoms with E-state index < -0.39 is 11.0 Å². The molecule has 3 aromatic rings. The fourth-order valence-electron chi connectivity index (χ4n) is 4.02. The van der Waals surface area contributed by atoms with E-state index in [-0.39, 0.29) is 29.3 Å². The summed E-state index contributed by atoms with van der Waals surface area (Å²) in [6, 6.07) is 23.3. The maximum Gasteiger partial charge on any atom is 0.269 e. The van der Waals surface area contributed by atoms with E-state index in [9.17, 15) is 19.7 Å². The van der Waals surface area contributed by atoms with Gasteiger partial charge in [-0.3, -0.25) is 19.7 Å². The average molecular weight is 534 g/mol. The van der Waals surface area contributed by atoms with Crippen LogP contribution in [0.5, 0.6) is 0 Å². The minimum absolute atomic E-state index is 0.00676. The standard InChI is InChI=1S/C30H35N3O4S/c1-4-23(3)31-30(35)28(18-24-11-6-5-7-12-24)32(19-26-13-9-8-10-22(26)2)29(34)21-38-20-25-14-16-27(17-15-25)33(36)37/h5-17,23,28H,4,18-21H2,1-3H3,(H,31,35)/t23-,28+/m1/s1. The molecule has 1 N–H and O–H groups in total. The van der Waals surface area contributed by atoms with Crippen molar-refractivity contribution in [1.82, 2.24) is 10.2 Å². The van der Waals surface area contributed by atoms with E-state index in [1.807, 2.05) is 75.4 Å². The highest BCUT2D eigenvalue weighted by atomic mass is 32.2. The Balaban J connectivity index is 1.84. The molecule has 8 heteroatoms. The van der Waals surface area contributed by atoms with Gasteiger partial charge in [-0.1, -0.05) is 73.7 Å². The molecule has 38 heavy (non-hydrogen) atoms. The number of thioether (sulfide) groups is 1. The lowest BCUT2D eigenvalue weighted by molar-refractivity contribution is -0.384. The van der Waals surface area contributed by atoms with Crippen LogP contribution in [-0.4, -0.2) is 39.5 Å². The summed E-state index contributed by atoms with van der Waals surface area (Å²) in [6.07, 6.45) is 1.20. The molecule has 0 aromatic heterocycles. The summed E-state index contributed by atoms with van der Waals surface area (Å²) in [6.45, 7) is 6.31. The normalized spacial score (nSPS) is 12.4. The minimum Gasteiger partial charge on any atom is -0.352 e. The zero-order valence-corrected chi connectivity index (χ0v) is 22.9. The van der Waals surface area contributed by atoms with Crippen LogP contribution in [-0.2, 0) is 28.3 Å². The van der Waals surface area contributed by atoms with Crippen molar-refractivity contribution in [2.45, 2.75) is 58.0 Å². The van der Waals surface area contributed by atoms with Gasteiger partial charge in [0.1, 0.15) is 6.04 Å². The number of nitro benzene ring substituents is 1. The fraction of sp³-hybridized carbons (Fsp3) is 0.333. The molecule has 0 spiro atoms. The number of carbonyl (C=O) groups is 2. The van der Waals surface area contributed by atoms with Gasteiger partial charge in [-0.15, -0.1) is 11.8 Å². The number of nitrogens with one attached hydrogen (secondary N) is 1. The Kier molecular flexibility index (Phi) is 10.9. The predicted molar refractivity (Wildman–Crippen MR) is 153 cm³/mol. The summed E-state index contributed by atoms with van der Waals surface area (Å²) in [5.74, 6) is 0.431. The second-order valence-corrected chi connectivity index (χ2v) is 10.4. The Hall–Kier alpha value is -3.65. The number of aryl methyl sites for hydroxylation is 1. The molecule has 0 radical (unpaired) electrons. The molecule has 3 aromatic carbocycles. The van der Waals surface area contributed by atoms with Crippen molar-refractivity contribution in [3.8, 4) is 0 Å². The number of hydrogen-bond donors (Lipinski definition) is 1. The number of non-ortho nitro benzene ring substituents is 1. The molecule has 3 rings (SSSR count). The zero-order valence-electron chi connectivity index (χ0n) is 22.1. The molecule has 0 aliphatic carbocycles. The van der Waals surface area contributed by atoms with Crippen molar-refractivity contribution < 1.29 is 14.5 Å². The lowest BCUT2D eigenvalue weighted by Gasteiger charge is -2.32. The highest BCUT2D eigenvalue weighted by Gasteiger charge is 2.31. The first-order chi connectivity index (χ1) is 18.3. The number of rotatable bonds is 13. The second kappa shape index (κ2) is 14.3. The first-order valence-electron chi connectivity index (χ1n) is 12.8. The molecule has 0 aliphatic rings. The third-order valence-electron chi connectivity index (χ3n) is 6.52. The van der Waals surface area contributed by atoms with E-state index in [2.05, 4.69) is 5.32 Å². The van der Waals surface area contributed by atoms with E-state index in [0.29, 0.717) is 18.7 Å². The maximum atomic E-state index is 13.7. The quantitative estimate of drug-likeness (QED) is 0.225. The molecule has 2 amide bonds. The molecule has 0 unspecified atom stereocenters. The Morgan fingerprint density at radius 2 is 1.63 bits per heavy atom. The van der Waals surface area contributed by atoms with Gasteiger partial charge >= 0.3 is 0 Å². The third-order valence-corrected chi connectivity index (χ3v) is 7.50. The van der Waals surface area contributed by atoms with Crippen molar-refractivity contribution in [1.29, 1.82) is 0 Å². The predicted octanol–water partition coefficient (Wildman–Crippen LogP) is 5.69. The van der Waals surface area contributed by atoms with E-state index in [1.54, 1.807) is 17.0 Å². The molecule has 0 fully saturated rings. The molecule has 0 heterocycles.